The minimum Gasteiger partial charge on any atom is -0.361 e. The van der Waals surface area contributed by atoms with Crippen LogP contribution in [-0.2, 0) is 13.0 Å². The van der Waals surface area contributed by atoms with Crippen LogP contribution in [0.15, 0.2) is 35.6 Å². The number of aryl methyl sites for hydroxylation is 2. The Morgan fingerprint density at radius 1 is 1.27 bits per heavy atom. The number of rotatable bonds is 6. The lowest BCUT2D eigenvalue weighted by atomic mass is 10.1. The number of aromatic amines is 1. The summed E-state index contributed by atoms with van der Waals surface area (Å²) < 4.78 is 0. The summed E-state index contributed by atoms with van der Waals surface area (Å²) in [6, 6.07) is 6.43. The summed E-state index contributed by atoms with van der Waals surface area (Å²) >= 11 is 1.69. The first kappa shape index (κ1) is 20.7. The summed E-state index contributed by atoms with van der Waals surface area (Å²) in [5.74, 6) is 0.839. The zero-order valence-electron chi connectivity index (χ0n) is 15.4. The Kier molecular flexibility index (Phi) is 7.89. The van der Waals surface area contributed by atoms with Crippen LogP contribution in [0, 0.1) is 13.8 Å². The van der Waals surface area contributed by atoms with E-state index in [9.17, 15) is 0 Å². The standard InChI is InChI=1S/C19H25N5S.HI/c1-4-20-19(24-12-17-22-10-14(3)25-17)21-9-8-15-11-23-18-13(2)6-5-7-16(15)18;/h5-7,10-11,23H,4,8-9,12H2,1-3H3,(H2,20,21,24);1H. The predicted octanol–water partition coefficient (Wildman–Crippen LogP) is 4.16. The van der Waals surface area contributed by atoms with Crippen molar-refractivity contribution in [1.82, 2.24) is 20.6 Å². The van der Waals surface area contributed by atoms with Crippen molar-refractivity contribution in [3.05, 3.63) is 51.6 Å². The largest absolute Gasteiger partial charge is 0.361 e. The maximum Gasteiger partial charge on any atom is 0.191 e. The van der Waals surface area contributed by atoms with Gasteiger partial charge >= 0.3 is 0 Å². The lowest BCUT2D eigenvalue weighted by Gasteiger charge is -2.10. The van der Waals surface area contributed by atoms with E-state index in [2.05, 4.69) is 70.8 Å². The highest BCUT2D eigenvalue weighted by Gasteiger charge is 2.06. The molecule has 1 aromatic carbocycles. The number of H-pyrrole nitrogens is 1. The summed E-state index contributed by atoms with van der Waals surface area (Å²) in [7, 11) is 0. The molecular weight excluding hydrogens is 457 g/mol. The van der Waals surface area contributed by atoms with E-state index in [1.54, 1.807) is 11.3 Å². The normalized spacial score (nSPS) is 11.4. The van der Waals surface area contributed by atoms with Crippen molar-refractivity contribution < 1.29 is 0 Å². The van der Waals surface area contributed by atoms with E-state index in [0.717, 1.165) is 30.5 Å². The second kappa shape index (κ2) is 9.91. The van der Waals surface area contributed by atoms with E-state index in [-0.39, 0.29) is 24.0 Å². The van der Waals surface area contributed by atoms with Crippen LogP contribution in [-0.4, -0.2) is 29.0 Å². The first-order valence-electron chi connectivity index (χ1n) is 8.66. The number of fused-ring (bicyclic) bond motifs is 1. The SMILES string of the molecule is CCNC(=NCc1ncc(C)s1)NCCc1c[nH]c2c(C)cccc12.I. The number of hydrogen-bond donors (Lipinski definition) is 3. The number of guanidine groups is 1. The minimum absolute atomic E-state index is 0. The van der Waals surface area contributed by atoms with Gasteiger partial charge in [-0.3, -0.25) is 0 Å². The Hall–Kier alpha value is -1.61. The summed E-state index contributed by atoms with van der Waals surface area (Å²) in [6.45, 7) is 8.57. The molecule has 0 aliphatic heterocycles. The molecule has 0 amide bonds. The van der Waals surface area contributed by atoms with Crippen LogP contribution < -0.4 is 10.6 Å². The molecule has 140 valence electrons. The average Bonchev–Trinajstić information content (AvgIpc) is 3.20. The molecule has 3 aromatic rings. The molecule has 26 heavy (non-hydrogen) atoms. The number of hydrogen-bond acceptors (Lipinski definition) is 3. The van der Waals surface area contributed by atoms with Crippen LogP contribution in [0.5, 0.6) is 0 Å². The van der Waals surface area contributed by atoms with Gasteiger partial charge in [0.05, 0.1) is 6.54 Å². The number of para-hydroxylation sites is 1. The molecule has 0 fully saturated rings. The second-order valence-corrected chi connectivity index (χ2v) is 7.37. The molecule has 7 heteroatoms. The van der Waals surface area contributed by atoms with Crippen molar-refractivity contribution in [2.24, 2.45) is 4.99 Å². The maximum atomic E-state index is 4.63. The third-order valence-electron chi connectivity index (χ3n) is 4.08. The number of aromatic nitrogens is 2. The van der Waals surface area contributed by atoms with Crippen LogP contribution >= 0.6 is 35.3 Å². The van der Waals surface area contributed by atoms with Gasteiger partial charge in [0.15, 0.2) is 5.96 Å². The molecule has 5 nitrogen and oxygen atoms in total. The quantitative estimate of drug-likeness (QED) is 0.280. The van der Waals surface area contributed by atoms with E-state index >= 15 is 0 Å². The first-order valence-corrected chi connectivity index (χ1v) is 9.48. The third-order valence-corrected chi connectivity index (χ3v) is 4.98. The molecule has 0 spiro atoms. The fourth-order valence-corrected chi connectivity index (χ4v) is 3.56. The van der Waals surface area contributed by atoms with Gasteiger partial charge in [0.25, 0.3) is 0 Å². The molecule has 3 rings (SSSR count). The molecule has 0 radical (unpaired) electrons. The highest BCUT2D eigenvalue weighted by atomic mass is 127. The lowest BCUT2D eigenvalue weighted by Crippen LogP contribution is -2.38. The fraction of sp³-hybridized carbons (Fsp3) is 0.368. The maximum absolute atomic E-state index is 4.63. The van der Waals surface area contributed by atoms with E-state index in [4.69, 9.17) is 0 Å². The number of nitrogens with zero attached hydrogens (tertiary/aromatic N) is 2. The van der Waals surface area contributed by atoms with Gasteiger partial charge in [-0.25, -0.2) is 9.98 Å². The van der Waals surface area contributed by atoms with Crippen LogP contribution in [0.1, 0.15) is 27.9 Å². The number of nitrogens with one attached hydrogen (secondary N) is 3. The highest BCUT2D eigenvalue weighted by Crippen LogP contribution is 2.21. The van der Waals surface area contributed by atoms with Gasteiger partial charge in [0.2, 0.25) is 0 Å². The van der Waals surface area contributed by atoms with E-state index in [1.807, 2.05) is 6.20 Å². The van der Waals surface area contributed by atoms with Gasteiger partial charge in [-0.05, 0) is 38.3 Å². The first-order chi connectivity index (χ1) is 12.2. The summed E-state index contributed by atoms with van der Waals surface area (Å²) in [5.41, 5.74) is 3.85. The van der Waals surface area contributed by atoms with Crippen LogP contribution in [0.4, 0.5) is 0 Å². The fourth-order valence-electron chi connectivity index (χ4n) is 2.85. The van der Waals surface area contributed by atoms with Gasteiger partial charge < -0.3 is 15.6 Å². The molecule has 0 unspecified atom stereocenters. The van der Waals surface area contributed by atoms with Gasteiger partial charge in [-0.15, -0.1) is 35.3 Å². The minimum atomic E-state index is 0. The van der Waals surface area contributed by atoms with Crippen LogP contribution in [0.3, 0.4) is 0 Å². The molecule has 2 heterocycles. The van der Waals surface area contributed by atoms with E-state index < -0.39 is 0 Å². The van der Waals surface area contributed by atoms with E-state index in [0.29, 0.717) is 6.54 Å². The number of benzene rings is 1. The van der Waals surface area contributed by atoms with E-state index in [1.165, 1.54) is 26.9 Å². The van der Waals surface area contributed by atoms with Crippen molar-refractivity contribution in [3.63, 3.8) is 0 Å². The Morgan fingerprint density at radius 3 is 2.85 bits per heavy atom. The predicted molar refractivity (Wildman–Crippen MR) is 122 cm³/mol. The van der Waals surface area contributed by atoms with Crippen molar-refractivity contribution in [2.75, 3.05) is 13.1 Å². The third kappa shape index (κ3) is 5.20. The average molecular weight is 483 g/mol. The Labute approximate surface area is 175 Å². The smallest absolute Gasteiger partial charge is 0.191 e. The molecule has 0 bridgehead atoms. The van der Waals surface area contributed by atoms with Crippen LogP contribution in [0.2, 0.25) is 0 Å². The topological polar surface area (TPSA) is 65.1 Å². The lowest BCUT2D eigenvalue weighted by molar-refractivity contribution is 0.801. The van der Waals surface area contributed by atoms with Gasteiger partial charge in [-0.1, -0.05) is 18.2 Å². The van der Waals surface area contributed by atoms with Crippen LogP contribution in [0.25, 0.3) is 10.9 Å². The molecule has 0 aliphatic carbocycles. The molecule has 3 N–H and O–H groups in total. The highest BCUT2D eigenvalue weighted by molar-refractivity contribution is 14.0. The number of thiazole rings is 1. The monoisotopic (exact) mass is 483 g/mol. The molecule has 0 atom stereocenters. The Balaban J connectivity index is 0.00000243. The zero-order chi connectivity index (χ0) is 17.6. The zero-order valence-corrected chi connectivity index (χ0v) is 18.6. The Morgan fingerprint density at radius 2 is 2.12 bits per heavy atom. The number of halogens is 1. The van der Waals surface area contributed by atoms with Gasteiger partial charge in [-0.2, -0.15) is 0 Å². The summed E-state index contributed by atoms with van der Waals surface area (Å²) in [6.07, 6.45) is 4.96. The molecule has 0 saturated carbocycles. The van der Waals surface area contributed by atoms with Crippen molar-refractivity contribution >= 4 is 52.2 Å². The summed E-state index contributed by atoms with van der Waals surface area (Å²) in [4.78, 5) is 13.6. The van der Waals surface area contributed by atoms with Crippen molar-refractivity contribution in [2.45, 2.75) is 33.7 Å². The molecular formula is C19H26IN5S. The molecule has 2 aromatic heterocycles. The van der Waals surface area contributed by atoms with Crippen molar-refractivity contribution in [1.29, 1.82) is 0 Å². The second-order valence-electron chi connectivity index (χ2n) is 6.05. The van der Waals surface area contributed by atoms with Crippen molar-refractivity contribution in [3.8, 4) is 0 Å². The molecule has 0 aliphatic rings. The number of aliphatic imine (C=N–C) groups is 1. The van der Waals surface area contributed by atoms with Gasteiger partial charge in [0, 0.05) is 41.3 Å². The van der Waals surface area contributed by atoms with Gasteiger partial charge in [0.1, 0.15) is 5.01 Å². The molecule has 0 saturated heterocycles. The summed E-state index contributed by atoms with van der Waals surface area (Å²) in [5, 5.41) is 9.06. The Bertz CT molecular complexity index is 868.